The smallest absolute Gasteiger partial charge is 0.307 e. The summed E-state index contributed by atoms with van der Waals surface area (Å²) in [4.78, 5) is 36.3. The molecule has 7 nitrogen and oxygen atoms in total. The topological polar surface area (TPSA) is 79.3 Å². The Bertz CT molecular complexity index is 1630. The summed E-state index contributed by atoms with van der Waals surface area (Å²) in [6.07, 6.45) is 3.49. The molecule has 0 aliphatic carbocycles. The van der Waals surface area contributed by atoms with Crippen molar-refractivity contribution in [2.45, 2.75) is 84.6 Å². The first-order valence-corrected chi connectivity index (χ1v) is 17.4. The van der Waals surface area contributed by atoms with Gasteiger partial charge in [0.1, 0.15) is 11.3 Å². The molecule has 0 fully saturated rings. The van der Waals surface area contributed by atoms with Gasteiger partial charge in [0.05, 0.1) is 0 Å². The summed E-state index contributed by atoms with van der Waals surface area (Å²) in [5.74, 6) is 1.40. The number of hydrogen-bond acceptors (Lipinski definition) is 5. The molecule has 45 heavy (non-hydrogen) atoms. The Morgan fingerprint density at radius 1 is 0.911 bits per heavy atom. The standard InChI is InChI=1S/C37H49N5O2S/c1-8-11-21-42-35-31(19-14-20-38-35)32(27-15-12-16-28(24-27)45-23-22-41(9-2)10-3)34(36(42)43)40-37(44)39-33-29(25(4)5)17-13-18-30(33)26(6)7/h12-20,24-26H,8-11,21-23H2,1-7H3,(H2,39,40,44). The third kappa shape index (κ3) is 8.16. The number of urea groups is 1. The van der Waals surface area contributed by atoms with E-state index in [0.29, 0.717) is 17.8 Å². The molecule has 0 atom stereocenters. The third-order valence-corrected chi connectivity index (χ3v) is 9.27. The van der Waals surface area contributed by atoms with Crippen LogP contribution in [0.5, 0.6) is 0 Å². The average molecular weight is 628 g/mol. The number of para-hydroxylation sites is 1. The second-order valence-electron chi connectivity index (χ2n) is 12.0. The van der Waals surface area contributed by atoms with Crippen LogP contribution in [0.2, 0.25) is 0 Å². The lowest BCUT2D eigenvalue weighted by atomic mass is 9.93. The lowest BCUT2D eigenvalue weighted by Gasteiger charge is -2.22. The predicted molar refractivity (Wildman–Crippen MR) is 192 cm³/mol. The van der Waals surface area contributed by atoms with E-state index in [-0.39, 0.29) is 23.1 Å². The zero-order valence-electron chi connectivity index (χ0n) is 27.9. The van der Waals surface area contributed by atoms with Gasteiger partial charge in [-0.25, -0.2) is 9.78 Å². The van der Waals surface area contributed by atoms with Crippen molar-refractivity contribution < 1.29 is 4.79 Å². The van der Waals surface area contributed by atoms with Gasteiger partial charge in [0, 0.05) is 46.6 Å². The molecule has 0 radical (unpaired) electrons. The highest BCUT2D eigenvalue weighted by Gasteiger charge is 2.23. The van der Waals surface area contributed by atoms with Gasteiger partial charge < -0.3 is 15.5 Å². The van der Waals surface area contributed by atoms with Gasteiger partial charge in [-0.3, -0.25) is 9.36 Å². The maximum atomic E-state index is 14.3. The van der Waals surface area contributed by atoms with E-state index >= 15 is 0 Å². The molecule has 4 aromatic rings. The summed E-state index contributed by atoms with van der Waals surface area (Å²) in [7, 11) is 0. The Labute approximate surface area is 272 Å². The van der Waals surface area contributed by atoms with E-state index in [1.54, 1.807) is 22.5 Å². The van der Waals surface area contributed by atoms with Crippen LogP contribution in [-0.4, -0.2) is 45.9 Å². The van der Waals surface area contributed by atoms with Crippen LogP contribution >= 0.6 is 11.8 Å². The first-order chi connectivity index (χ1) is 21.7. The van der Waals surface area contributed by atoms with Crippen molar-refractivity contribution >= 4 is 40.2 Å². The van der Waals surface area contributed by atoms with Gasteiger partial charge in [-0.2, -0.15) is 0 Å². The molecular formula is C37H49N5O2S. The second kappa shape index (κ2) is 16.1. The molecule has 0 bridgehead atoms. The number of amides is 2. The molecule has 0 saturated heterocycles. The minimum Gasteiger partial charge on any atom is -0.307 e. The van der Waals surface area contributed by atoms with Crippen molar-refractivity contribution in [2.24, 2.45) is 0 Å². The van der Waals surface area contributed by atoms with Gasteiger partial charge >= 0.3 is 6.03 Å². The maximum Gasteiger partial charge on any atom is 0.323 e. The lowest BCUT2D eigenvalue weighted by Crippen LogP contribution is -2.30. The number of carbonyl (C=O) groups excluding carboxylic acids is 1. The lowest BCUT2D eigenvalue weighted by molar-refractivity contribution is 0.262. The fraction of sp³-hybridized carbons (Fsp3) is 0.432. The van der Waals surface area contributed by atoms with E-state index in [0.717, 1.165) is 70.9 Å². The number of carbonyl (C=O) groups is 1. The Balaban J connectivity index is 1.82. The summed E-state index contributed by atoms with van der Waals surface area (Å²) < 4.78 is 1.71. The minimum atomic E-state index is -0.432. The predicted octanol–water partition coefficient (Wildman–Crippen LogP) is 9.19. The number of fused-ring (bicyclic) bond motifs is 1. The fourth-order valence-electron chi connectivity index (χ4n) is 5.75. The second-order valence-corrected chi connectivity index (χ2v) is 13.2. The summed E-state index contributed by atoms with van der Waals surface area (Å²) in [5.41, 5.74) is 5.15. The van der Waals surface area contributed by atoms with Crippen molar-refractivity contribution in [1.82, 2.24) is 14.5 Å². The fourth-order valence-corrected chi connectivity index (χ4v) is 6.72. The number of anilines is 2. The number of hydrogen-bond donors (Lipinski definition) is 2. The molecule has 2 heterocycles. The molecule has 0 aliphatic rings. The molecule has 4 rings (SSSR count). The Kier molecular flexibility index (Phi) is 12.3. The first kappa shape index (κ1) is 34.3. The van der Waals surface area contributed by atoms with E-state index in [4.69, 9.17) is 0 Å². The highest BCUT2D eigenvalue weighted by molar-refractivity contribution is 7.99. The SMILES string of the molecule is CCCCn1c(=O)c(NC(=O)Nc2c(C(C)C)cccc2C(C)C)c(-c2cccc(SCCN(CC)CC)c2)c2cccnc21. The summed E-state index contributed by atoms with van der Waals surface area (Å²) in [5, 5.41) is 7.01. The third-order valence-electron chi connectivity index (χ3n) is 8.30. The number of unbranched alkanes of at least 4 members (excludes halogenated alkanes) is 1. The first-order valence-electron chi connectivity index (χ1n) is 16.4. The van der Waals surface area contributed by atoms with Crippen LogP contribution in [-0.2, 0) is 6.54 Å². The molecular weight excluding hydrogens is 579 g/mol. The van der Waals surface area contributed by atoms with E-state index < -0.39 is 6.03 Å². The van der Waals surface area contributed by atoms with Crippen LogP contribution in [0, 0.1) is 0 Å². The number of nitrogens with one attached hydrogen (secondary N) is 2. The maximum absolute atomic E-state index is 14.3. The number of rotatable bonds is 14. The molecule has 240 valence electrons. The van der Waals surface area contributed by atoms with Crippen molar-refractivity contribution in [3.05, 3.63) is 82.3 Å². The van der Waals surface area contributed by atoms with Crippen LogP contribution in [0.3, 0.4) is 0 Å². The van der Waals surface area contributed by atoms with Gasteiger partial charge in [0.2, 0.25) is 0 Å². The van der Waals surface area contributed by atoms with Crippen molar-refractivity contribution in [3.63, 3.8) is 0 Å². The Morgan fingerprint density at radius 2 is 1.58 bits per heavy atom. The monoisotopic (exact) mass is 627 g/mol. The van der Waals surface area contributed by atoms with Crippen LogP contribution in [0.15, 0.2) is 70.5 Å². The van der Waals surface area contributed by atoms with Crippen LogP contribution in [0.4, 0.5) is 16.2 Å². The molecule has 2 aromatic heterocycles. The Hall–Kier alpha value is -3.62. The van der Waals surface area contributed by atoms with Crippen LogP contribution in [0.1, 0.15) is 84.3 Å². The van der Waals surface area contributed by atoms with Gasteiger partial charge in [0.15, 0.2) is 0 Å². The number of thioether (sulfide) groups is 1. The molecule has 8 heteroatoms. The number of nitrogens with zero attached hydrogens (tertiary/aromatic N) is 3. The van der Waals surface area contributed by atoms with Crippen LogP contribution < -0.4 is 16.2 Å². The van der Waals surface area contributed by atoms with E-state index in [1.165, 1.54) is 0 Å². The highest BCUT2D eigenvalue weighted by atomic mass is 32.2. The molecule has 0 aliphatic heterocycles. The quantitative estimate of drug-likeness (QED) is 0.136. The number of pyridine rings is 2. The molecule has 0 saturated carbocycles. The number of benzene rings is 2. The van der Waals surface area contributed by atoms with Gasteiger partial charge in [-0.15, -0.1) is 11.8 Å². The number of aryl methyl sites for hydroxylation is 1. The van der Waals surface area contributed by atoms with E-state index in [9.17, 15) is 9.59 Å². The molecule has 2 amide bonds. The zero-order chi connectivity index (χ0) is 32.5. The van der Waals surface area contributed by atoms with Crippen molar-refractivity contribution in [3.8, 4) is 11.1 Å². The van der Waals surface area contributed by atoms with Gasteiger partial charge in [-0.05, 0) is 72.3 Å². The highest BCUT2D eigenvalue weighted by Crippen LogP contribution is 2.36. The molecule has 2 aromatic carbocycles. The number of aromatic nitrogens is 2. The van der Waals surface area contributed by atoms with Crippen molar-refractivity contribution in [1.29, 1.82) is 0 Å². The largest absolute Gasteiger partial charge is 0.323 e. The average Bonchev–Trinajstić information content (AvgIpc) is 3.03. The Morgan fingerprint density at radius 3 is 2.22 bits per heavy atom. The van der Waals surface area contributed by atoms with Crippen LogP contribution in [0.25, 0.3) is 22.2 Å². The molecule has 0 unspecified atom stereocenters. The van der Waals surface area contributed by atoms with Crippen molar-refractivity contribution in [2.75, 3.05) is 36.0 Å². The van der Waals surface area contributed by atoms with Gasteiger partial charge in [0.25, 0.3) is 5.56 Å². The molecule has 2 N–H and O–H groups in total. The normalized spacial score (nSPS) is 11.6. The summed E-state index contributed by atoms with van der Waals surface area (Å²) >= 11 is 1.80. The van der Waals surface area contributed by atoms with E-state index in [1.807, 2.05) is 30.3 Å². The van der Waals surface area contributed by atoms with Gasteiger partial charge in [-0.1, -0.05) is 85.2 Å². The minimum absolute atomic E-state index is 0.217. The summed E-state index contributed by atoms with van der Waals surface area (Å²) in [6.45, 7) is 18.5. The molecule has 0 spiro atoms. The van der Waals surface area contributed by atoms with E-state index in [2.05, 4.69) is 93.2 Å². The zero-order valence-corrected chi connectivity index (χ0v) is 28.8. The summed E-state index contributed by atoms with van der Waals surface area (Å²) in [6, 6.07) is 17.9.